The summed E-state index contributed by atoms with van der Waals surface area (Å²) in [5, 5.41) is 0. The molecular weight excluding hydrogens is 366 g/mol. The van der Waals surface area contributed by atoms with Crippen LogP contribution in [0.5, 0.6) is 5.75 Å². The van der Waals surface area contributed by atoms with Gasteiger partial charge in [0.25, 0.3) is 10.1 Å². The topological polar surface area (TPSA) is 72.9 Å². The molecular formula is C20H21NO5S. The molecule has 0 spiro atoms. The molecule has 1 unspecified atom stereocenters. The van der Waals surface area contributed by atoms with Crippen molar-refractivity contribution in [1.82, 2.24) is 0 Å². The molecule has 27 heavy (non-hydrogen) atoms. The second-order valence-corrected chi connectivity index (χ2v) is 8.73. The van der Waals surface area contributed by atoms with Gasteiger partial charge in [0.05, 0.1) is 24.9 Å². The Labute approximate surface area is 158 Å². The SMILES string of the molecule is Cc1cc2c(c3c1N(Cc1ccccc1)C(=O)C3)OC(COS(C)(=O)=O)C2. The van der Waals surface area contributed by atoms with E-state index in [1.54, 1.807) is 0 Å². The van der Waals surface area contributed by atoms with Gasteiger partial charge in [-0.25, -0.2) is 0 Å². The van der Waals surface area contributed by atoms with E-state index in [4.69, 9.17) is 8.92 Å². The van der Waals surface area contributed by atoms with Gasteiger partial charge in [0, 0.05) is 12.0 Å². The molecule has 0 saturated heterocycles. The molecule has 0 fully saturated rings. The third-order valence-electron chi connectivity index (χ3n) is 4.90. The minimum atomic E-state index is -3.51. The molecule has 7 heteroatoms. The molecule has 4 rings (SSSR count). The van der Waals surface area contributed by atoms with Crippen molar-refractivity contribution in [1.29, 1.82) is 0 Å². The summed E-state index contributed by atoms with van der Waals surface area (Å²) in [4.78, 5) is 14.5. The quantitative estimate of drug-likeness (QED) is 0.737. The van der Waals surface area contributed by atoms with Crippen molar-refractivity contribution < 1.29 is 22.1 Å². The molecule has 2 aliphatic heterocycles. The van der Waals surface area contributed by atoms with E-state index in [2.05, 4.69) is 0 Å². The maximum atomic E-state index is 12.7. The van der Waals surface area contributed by atoms with Gasteiger partial charge in [0.2, 0.25) is 5.91 Å². The number of hydrogen-bond donors (Lipinski definition) is 0. The van der Waals surface area contributed by atoms with Gasteiger partial charge in [-0.15, -0.1) is 0 Å². The number of fused-ring (bicyclic) bond motifs is 3. The lowest BCUT2D eigenvalue weighted by Gasteiger charge is -2.20. The summed E-state index contributed by atoms with van der Waals surface area (Å²) in [6.07, 6.45) is 1.54. The molecule has 1 atom stereocenters. The molecule has 2 aliphatic rings. The highest BCUT2D eigenvalue weighted by Crippen LogP contribution is 2.45. The van der Waals surface area contributed by atoms with Crippen molar-refractivity contribution in [3.63, 3.8) is 0 Å². The van der Waals surface area contributed by atoms with Crippen LogP contribution in [0.2, 0.25) is 0 Å². The molecule has 1 amide bonds. The van der Waals surface area contributed by atoms with Crippen LogP contribution in [0, 0.1) is 6.92 Å². The van der Waals surface area contributed by atoms with Crippen LogP contribution in [0.4, 0.5) is 5.69 Å². The normalized spacial score (nSPS) is 18.4. The van der Waals surface area contributed by atoms with E-state index in [9.17, 15) is 13.2 Å². The third-order valence-corrected chi connectivity index (χ3v) is 5.46. The van der Waals surface area contributed by atoms with Gasteiger partial charge in [-0.05, 0) is 23.6 Å². The zero-order valence-electron chi connectivity index (χ0n) is 15.3. The molecule has 2 aromatic carbocycles. The van der Waals surface area contributed by atoms with Crippen LogP contribution in [-0.4, -0.2) is 33.3 Å². The summed E-state index contributed by atoms with van der Waals surface area (Å²) in [5.74, 6) is 0.756. The van der Waals surface area contributed by atoms with Crippen molar-refractivity contribution in [2.45, 2.75) is 32.4 Å². The van der Waals surface area contributed by atoms with Crippen LogP contribution in [0.3, 0.4) is 0 Å². The lowest BCUT2D eigenvalue weighted by molar-refractivity contribution is -0.117. The first-order valence-corrected chi connectivity index (χ1v) is 10.6. The molecule has 0 saturated carbocycles. The Balaban J connectivity index is 1.62. The van der Waals surface area contributed by atoms with E-state index >= 15 is 0 Å². The molecule has 2 heterocycles. The van der Waals surface area contributed by atoms with Crippen molar-refractivity contribution in [2.75, 3.05) is 17.8 Å². The molecule has 6 nitrogen and oxygen atoms in total. The number of anilines is 1. The highest BCUT2D eigenvalue weighted by atomic mass is 32.2. The second kappa shape index (κ2) is 6.65. The van der Waals surface area contributed by atoms with Gasteiger partial charge in [-0.1, -0.05) is 36.4 Å². The highest BCUT2D eigenvalue weighted by molar-refractivity contribution is 7.85. The molecule has 0 bridgehead atoms. The predicted octanol–water partition coefficient (Wildman–Crippen LogP) is 2.36. The Bertz CT molecular complexity index is 1000. The number of nitrogens with zero attached hydrogens (tertiary/aromatic N) is 1. The van der Waals surface area contributed by atoms with Crippen molar-refractivity contribution in [2.24, 2.45) is 0 Å². The van der Waals surface area contributed by atoms with Gasteiger partial charge in [0.15, 0.2) is 0 Å². The first-order chi connectivity index (χ1) is 12.8. The molecule has 2 aromatic rings. The summed E-state index contributed by atoms with van der Waals surface area (Å²) in [6.45, 7) is 2.49. The highest BCUT2D eigenvalue weighted by Gasteiger charge is 2.37. The smallest absolute Gasteiger partial charge is 0.264 e. The number of ether oxygens (including phenoxy) is 1. The van der Waals surface area contributed by atoms with Gasteiger partial charge >= 0.3 is 0 Å². The standard InChI is InChI=1S/C20H21NO5S/c1-13-8-15-9-16(12-25-27(2,23)24)26-20(15)17-10-18(22)21(19(13)17)11-14-6-4-3-5-7-14/h3-8,16H,9-12H2,1-2H3. The Morgan fingerprint density at radius 3 is 2.70 bits per heavy atom. The monoisotopic (exact) mass is 387 g/mol. The molecule has 0 aromatic heterocycles. The number of aryl methyl sites for hydroxylation is 1. The summed E-state index contributed by atoms with van der Waals surface area (Å²) >= 11 is 0. The van der Waals surface area contributed by atoms with E-state index in [0.29, 0.717) is 25.1 Å². The lowest BCUT2D eigenvalue weighted by atomic mass is 10.0. The van der Waals surface area contributed by atoms with E-state index in [1.807, 2.05) is 48.2 Å². The van der Waals surface area contributed by atoms with E-state index in [-0.39, 0.29) is 18.6 Å². The Morgan fingerprint density at radius 1 is 1.26 bits per heavy atom. The van der Waals surface area contributed by atoms with Crippen LogP contribution in [0.1, 0.15) is 22.3 Å². The van der Waals surface area contributed by atoms with Crippen molar-refractivity contribution in [3.05, 3.63) is 58.7 Å². The molecule has 0 aliphatic carbocycles. The summed E-state index contributed by atoms with van der Waals surface area (Å²) in [7, 11) is -3.51. The Hall–Kier alpha value is -2.38. The zero-order chi connectivity index (χ0) is 19.2. The van der Waals surface area contributed by atoms with Crippen LogP contribution in [-0.2, 0) is 38.5 Å². The lowest BCUT2D eigenvalue weighted by Crippen LogP contribution is -2.26. The van der Waals surface area contributed by atoms with Crippen LogP contribution < -0.4 is 9.64 Å². The van der Waals surface area contributed by atoms with Crippen LogP contribution >= 0.6 is 0 Å². The van der Waals surface area contributed by atoms with Crippen molar-refractivity contribution >= 4 is 21.7 Å². The second-order valence-electron chi connectivity index (χ2n) is 7.08. The fourth-order valence-corrected chi connectivity index (χ4v) is 4.22. The fourth-order valence-electron chi connectivity index (χ4n) is 3.82. The first-order valence-electron chi connectivity index (χ1n) is 8.82. The summed E-state index contributed by atoms with van der Waals surface area (Å²) < 4.78 is 33.3. The van der Waals surface area contributed by atoms with E-state index < -0.39 is 10.1 Å². The van der Waals surface area contributed by atoms with E-state index in [1.165, 1.54) is 0 Å². The average Bonchev–Trinajstić information content (AvgIpc) is 3.15. The minimum absolute atomic E-state index is 0.0248. The largest absolute Gasteiger partial charge is 0.487 e. The zero-order valence-corrected chi connectivity index (χ0v) is 16.1. The maximum Gasteiger partial charge on any atom is 0.264 e. The van der Waals surface area contributed by atoms with Gasteiger partial charge in [-0.2, -0.15) is 8.42 Å². The van der Waals surface area contributed by atoms with E-state index in [0.717, 1.165) is 34.2 Å². The molecule has 0 radical (unpaired) electrons. The number of benzene rings is 2. The number of rotatable bonds is 5. The van der Waals surface area contributed by atoms with Gasteiger partial charge < -0.3 is 9.64 Å². The predicted molar refractivity (Wildman–Crippen MR) is 101 cm³/mol. The number of hydrogen-bond acceptors (Lipinski definition) is 5. The Kier molecular flexibility index (Phi) is 4.44. The fraction of sp³-hybridized carbons (Fsp3) is 0.350. The van der Waals surface area contributed by atoms with Crippen molar-refractivity contribution in [3.8, 4) is 5.75 Å². The van der Waals surface area contributed by atoms with Gasteiger partial charge in [-0.3, -0.25) is 8.98 Å². The first kappa shape index (κ1) is 18.0. The van der Waals surface area contributed by atoms with Gasteiger partial charge in [0.1, 0.15) is 18.5 Å². The van der Waals surface area contributed by atoms with Crippen LogP contribution in [0.15, 0.2) is 36.4 Å². The molecule has 142 valence electrons. The summed E-state index contributed by atoms with van der Waals surface area (Å²) in [6, 6.07) is 11.9. The summed E-state index contributed by atoms with van der Waals surface area (Å²) in [5.41, 5.74) is 4.90. The Morgan fingerprint density at radius 2 is 2.00 bits per heavy atom. The number of carbonyl (C=O) groups excluding carboxylic acids is 1. The number of carbonyl (C=O) groups is 1. The molecule has 0 N–H and O–H groups in total. The maximum absolute atomic E-state index is 12.7. The third kappa shape index (κ3) is 3.57. The minimum Gasteiger partial charge on any atom is -0.487 e. The average molecular weight is 387 g/mol. The number of amides is 1. The van der Waals surface area contributed by atoms with Crippen LogP contribution in [0.25, 0.3) is 0 Å².